The van der Waals surface area contributed by atoms with Gasteiger partial charge in [0.2, 0.25) is 0 Å². The van der Waals surface area contributed by atoms with Crippen LogP contribution in [-0.4, -0.2) is 23.5 Å². The van der Waals surface area contributed by atoms with Crippen molar-refractivity contribution in [2.45, 2.75) is 64.9 Å². The Bertz CT molecular complexity index is 556. The summed E-state index contributed by atoms with van der Waals surface area (Å²) >= 11 is 0. The fourth-order valence-corrected chi connectivity index (χ4v) is 7.17. The number of nitrogens with two attached hydrogens (primary N) is 1. The lowest BCUT2D eigenvalue weighted by Crippen LogP contribution is -2.56. The Balaban J connectivity index is 1.76. The molecule has 23 heavy (non-hydrogen) atoms. The number of hydrogen-bond acceptors (Lipinski definition) is 3. The first-order valence-corrected chi connectivity index (χ1v) is 9.52. The Kier molecular flexibility index (Phi) is 3.55. The van der Waals surface area contributed by atoms with Crippen LogP contribution in [0.4, 0.5) is 0 Å². The fourth-order valence-electron chi connectivity index (χ4n) is 7.17. The van der Waals surface area contributed by atoms with Crippen molar-refractivity contribution in [3.8, 4) is 0 Å². The van der Waals surface area contributed by atoms with Crippen molar-refractivity contribution >= 4 is 5.78 Å². The van der Waals surface area contributed by atoms with Gasteiger partial charge >= 0.3 is 0 Å². The van der Waals surface area contributed by atoms with Gasteiger partial charge in [0.05, 0.1) is 6.10 Å². The Labute approximate surface area is 139 Å². The molecule has 3 fully saturated rings. The van der Waals surface area contributed by atoms with E-state index >= 15 is 0 Å². The number of carbonyl (C=O) groups excluding carboxylic acids is 1. The predicted molar refractivity (Wildman–Crippen MR) is 90.6 cm³/mol. The standard InChI is InChI=1S/C20H31NO2/c1-19-8-7-14(22)9-13(19)3-4-15-16-5-6-17(23)20(16,2)10-12(11-21)18(15)19/h9,12,15-18,23H,3-8,10-11,21H2,1-2H3/t12?,15-,16-,17-,18-,19-,20-/m0/s1. The van der Waals surface area contributed by atoms with Gasteiger partial charge in [-0.3, -0.25) is 4.79 Å². The van der Waals surface area contributed by atoms with Crippen LogP contribution in [0, 0.1) is 34.5 Å². The molecule has 0 heterocycles. The second kappa shape index (κ2) is 5.16. The molecule has 0 bridgehead atoms. The second-order valence-electron chi connectivity index (χ2n) is 9.19. The van der Waals surface area contributed by atoms with Crippen molar-refractivity contribution in [1.82, 2.24) is 0 Å². The largest absolute Gasteiger partial charge is 0.393 e. The minimum Gasteiger partial charge on any atom is -0.393 e. The lowest BCUT2D eigenvalue weighted by Gasteiger charge is -2.60. The number of hydrogen-bond donors (Lipinski definition) is 2. The molecule has 3 heteroatoms. The molecule has 1 unspecified atom stereocenters. The summed E-state index contributed by atoms with van der Waals surface area (Å²) in [4.78, 5) is 11.9. The third-order valence-electron chi connectivity index (χ3n) is 8.29. The minimum atomic E-state index is -0.153. The molecule has 4 rings (SSSR count). The van der Waals surface area contributed by atoms with Crippen molar-refractivity contribution in [2.75, 3.05) is 6.54 Å². The molecule has 0 aromatic heterocycles. The first-order chi connectivity index (χ1) is 10.9. The zero-order chi connectivity index (χ0) is 16.4. The number of fused-ring (bicyclic) bond motifs is 5. The van der Waals surface area contributed by atoms with Crippen molar-refractivity contribution in [2.24, 2.45) is 40.2 Å². The molecular formula is C20H31NO2. The van der Waals surface area contributed by atoms with E-state index in [9.17, 15) is 9.90 Å². The van der Waals surface area contributed by atoms with Gasteiger partial charge in [0.1, 0.15) is 0 Å². The zero-order valence-electron chi connectivity index (χ0n) is 14.6. The summed E-state index contributed by atoms with van der Waals surface area (Å²) in [6.45, 7) is 5.43. The topological polar surface area (TPSA) is 63.3 Å². The third kappa shape index (κ3) is 2.05. The Morgan fingerprint density at radius 3 is 2.78 bits per heavy atom. The monoisotopic (exact) mass is 317 g/mol. The molecule has 0 radical (unpaired) electrons. The highest BCUT2D eigenvalue weighted by molar-refractivity contribution is 5.91. The van der Waals surface area contributed by atoms with Gasteiger partial charge in [-0.1, -0.05) is 19.4 Å². The van der Waals surface area contributed by atoms with Crippen LogP contribution in [0.3, 0.4) is 0 Å². The maximum Gasteiger partial charge on any atom is 0.155 e. The summed E-state index contributed by atoms with van der Waals surface area (Å²) in [6.07, 6.45) is 8.96. The molecule has 3 nitrogen and oxygen atoms in total. The summed E-state index contributed by atoms with van der Waals surface area (Å²) in [5, 5.41) is 10.6. The highest BCUT2D eigenvalue weighted by atomic mass is 16.3. The van der Waals surface area contributed by atoms with E-state index in [1.807, 2.05) is 6.08 Å². The van der Waals surface area contributed by atoms with Crippen LogP contribution in [0.2, 0.25) is 0 Å². The van der Waals surface area contributed by atoms with Crippen LogP contribution in [0.25, 0.3) is 0 Å². The molecule has 4 aliphatic carbocycles. The third-order valence-corrected chi connectivity index (χ3v) is 8.29. The lowest BCUT2D eigenvalue weighted by molar-refractivity contribution is -0.121. The van der Waals surface area contributed by atoms with Crippen molar-refractivity contribution in [3.05, 3.63) is 11.6 Å². The number of ketones is 1. The first kappa shape index (κ1) is 15.8. The maximum atomic E-state index is 11.9. The Morgan fingerprint density at radius 2 is 2.04 bits per heavy atom. The van der Waals surface area contributed by atoms with E-state index < -0.39 is 0 Å². The quantitative estimate of drug-likeness (QED) is 0.781. The first-order valence-electron chi connectivity index (χ1n) is 9.52. The van der Waals surface area contributed by atoms with E-state index in [2.05, 4.69) is 13.8 Å². The minimum absolute atomic E-state index is 0.0628. The molecule has 0 saturated heterocycles. The zero-order valence-corrected chi connectivity index (χ0v) is 14.6. The average molecular weight is 317 g/mol. The van der Waals surface area contributed by atoms with E-state index in [0.717, 1.165) is 25.7 Å². The summed E-state index contributed by atoms with van der Waals surface area (Å²) in [7, 11) is 0. The molecule has 0 aromatic rings. The highest BCUT2D eigenvalue weighted by Crippen LogP contribution is 2.66. The molecule has 0 aliphatic heterocycles. The predicted octanol–water partition coefficient (Wildman–Crippen LogP) is 3.06. The van der Waals surface area contributed by atoms with Gasteiger partial charge in [-0.25, -0.2) is 0 Å². The Morgan fingerprint density at radius 1 is 1.26 bits per heavy atom. The van der Waals surface area contributed by atoms with Crippen LogP contribution >= 0.6 is 0 Å². The fraction of sp³-hybridized carbons (Fsp3) is 0.850. The summed E-state index contributed by atoms with van der Waals surface area (Å²) in [5.41, 5.74) is 7.86. The van der Waals surface area contributed by atoms with E-state index in [1.54, 1.807) is 0 Å². The average Bonchev–Trinajstić information content (AvgIpc) is 2.82. The van der Waals surface area contributed by atoms with Crippen LogP contribution in [0.15, 0.2) is 11.6 Å². The van der Waals surface area contributed by atoms with E-state index in [-0.39, 0.29) is 16.9 Å². The second-order valence-corrected chi connectivity index (χ2v) is 9.19. The SMILES string of the molecule is C[C@]12CC(CN)[C@H]3[C@@H](CCC4=CC(=O)CC[C@@]43C)[C@@H]1CC[C@@H]2O. The summed E-state index contributed by atoms with van der Waals surface area (Å²) in [6, 6.07) is 0. The van der Waals surface area contributed by atoms with Crippen LogP contribution in [0.5, 0.6) is 0 Å². The highest BCUT2D eigenvalue weighted by Gasteiger charge is 2.61. The van der Waals surface area contributed by atoms with Gasteiger partial charge in [0.25, 0.3) is 0 Å². The van der Waals surface area contributed by atoms with E-state index in [1.165, 1.54) is 18.4 Å². The van der Waals surface area contributed by atoms with Crippen LogP contribution in [-0.2, 0) is 4.79 Å². The summed E-state index contributed by atoms with van der Waals surface area (Å²) < 4.78 is 0. The van der Waals surface area contributed by atoms with Crippen LogP contribution < -0.4 is 5.73 Å². The molecule has 3 saturated carbocycles. The number of rotatable bonds is 1. The Hall–Kier alpha value is -0.670. The number of aliphatic hydroxyl groups is 1. The molecule has 0 amide bonds. The molecule has 4 aliphatic rings. The molecule has 128 valence electrons. The van der Waals surface area contributed by atoms with Gasteiger partial charge in [-0.05, 0) is 85.6 Å². The van der Waals surface area contributed by atoms with Crippen LogP contribution in [0.1, 0.15) is 58.8 Å². The maximum absolute atomic E-state index is 11.9. The van der Waals surface area contributed by atoms with Crippen molar-refractivity contribution < 1.29 is 9.90 Å². The van der Waals surface area contributed by atoms with Gasteiger partial charge in [-0.15, -0.1) is 0 Å². The van der Waals surface area contributed by atoms with E-state index in [4.69, 9.17) is 5.73 Å². The smallest absolute Gasteiger partial charge is 0.155 e. The van der Waals surface area contributed by atoms with Crippen molar-refractivity contribution in [3.63, 3.8) is 0 Å². The number of allylic oxidation sites excluding steroid dienone is 1. The normalized spacial score (nSPS) is 52.4. The van der Waals surface area contributed by atoms with Gasteiger partial charge in [0.15, 0.2) is 5.78 Å². The van der Waals surface area contributed by atoms with Gasteiger partial charge in [-0.2, -0.15) is 0 Å². The molecular weight excluding hydrogens is 286 g/mol. The lowest BCUT2D eigenvalue weighted by atomic mass is 9.44. The molecule has 3 N–H and O–H groups in total. The molecule has 0 spiro atoms. The molecule has 7 atom stereocenters. The van der Waals surface area contributed by atoms with E-state index in [0.29, 0.717) is 42.4 Å². The van der Waals surface area contributed by atoms with Gasteiger partial charge < -0.3 is 10.8 Å². The number of aliphatic hydroxyl groups excluding tert-OH is 1. The number of carbonyl (C=O) groups is 1. The summed E-state index contributed by atoms with van der Waals surface area (Å²) in [5.74, 6) is 2.72. The van der Waals surface area contributed by atoms with Crippen molar-refractivity contribution in [1.29, 1.82) is 0 Å². The molecule has 0 aromatic carbocycles. The van der Waals surface area contributed by atoms with Gasteiger partial charge in [0, 0.05) is 6.42 Å².